The number of benzene rings is 2. The average Bonchev–Trinajstić information content (AvgIpc) is 3.49. The van der Waals surface area contributed by atoms with Crippen molar-refractivity contribution in [3.8, 4) is 11.1 Å². The molecule has 3 aromatic heterocycles. The fourth-order valence-electron chi connectivity index (χ4n) is 5.92. The molecule has 0 spiro atoms. The second kappa shape index (κ2) is 12.6. The molecular weight excluding hydrogens is 628 g/mol. The Kier molecular flexibility index (Phi) is 8.73. The van der Waals surface area contributed by atoms with E-state index in [1.165, 1.54) is 17.2 Å². The number of nitrogens with zero attached hydrogens (tertiary/aromatic N) is 8. The third-order valence-electron chi connectivity index (χ3n) is 8.70. The molecule has 236 valence electrons. The fraction of sp³-hybridized carbons (Fsp3) is 0.387. The van der Waals surface area contributed by atoms with Gasteiger partial charge in [0.2, 0.25) is 0 Å². The van der Waals surface area contributed by atoms with E-state index in [1.807, 2.05) is 17.0 Å². The van der Waals surface area contributed by atoms with E-state index < -0.39 is 28.7 Å². The Balaban J connectivity index is 0.000000167. The van der Waals surface area contributed by atoms with Crippen molar-refractivity contribution in [2.24, 2.45) is 17.8 Å². The summed E-state index contributed by atoms with van der Waals surface area (Å²) in [5.74, 6) is -1.28. The van der Waals surface area contributed by atoms with Crippen LogP contribution in [0.4, 0.5) is 19.0 Å². The third-order valence-corrected chi connectivity index (χ3v) is 9.23. The maximum atomic E-state index is 14.5. The molecule has 2 aliphatic rings. The number of anilines is 1. The molecule has 0 radical (unpaired) electrons. The standard InChI is InChI=1S/C17H15ClF3N5.C14H16ClN3O/c1-9-2-4-25(5-3-9)16-14(13-11(20)6-10(19)7-12(13)21)15(18)24-17-22-8-23-26(16)17;1-10(11-2-3-11)14(19,18-9-16-8-17-18)12-4-6-13(15)7-5-12/h6-9H,2-5H2,1H3;4-11,19H,2-3H2,1H3. The molecule has 9 nitrogen and oxygen atoms in total. The molecule has 2 fully saturated rings. The zero-order chi connectivity index (χ0) is 31.9. The van der Waals surface area contributed by atoms with Gasteiger partial charge in [-0.2, -0.15) is 24.7 Å². The Morgan fingerprint density at radius 3 is 2.20 bits per heavy atom. The van der Waals surface area contributed by atoms with Gasteiger partial charge in [0.05, 0.1) is 11.1 Å². The molecule has 1 saturated heterocycles. The first-order valence-electron chi connectivity index (χ1n) is 14.7. The van der Waals surface area contributed by atoms with Crippen molar-refractivity contribution in [3.05, 3.63) is 88.6 Å². The van der Waals surface area contributed by atoms with Crippen molar-refractivity contribution < 1.29 is 18.3 Å². The van der Waals surface area contributed by atoms with Crippen molar-refractivity contribution in [2.75, 3.05) is 18.0 Å². The van der Waals surface area contributed by atoms with Gasteiger partial charge in [0.25, 0.3) is 5.78 Å². The van der Waals surface area contributed by atoms with Crippen molar-refractivity contribution >= 4 is 34.8 Å². The lowest BCUT2D eigenvalue weighted by molar-refractivity contribution is -0.0646. The number of aliphatic hydroxyl groups is 1. The lowest BCUT2D eigenvalue weighted by atomic mass is 9.86. The van der Waals surface area contributed by atoms with Crippen molar-refractivity contribution in [3.63, 3.8) is 0 Å². The topological polar surface area (TPSA) is 97.3 Å². The molecule has 5 aromatic rings. The lowest BCUT2D eigenvalue weighted by Crippen LogP contribution is -2.42. The Morgan fingerprint density at radius 2 is 1.60 bits per heavy atom. The summed E-state index contributed by atoms with van der Waals surface area (Å²) < 4.78 is 45.3. The van der Waals surface area contributed by atoms with E-state index in [2.05, 4.69) is 39.0 Å². The van der Waals surface area contributed by atoms with E-state index >= 15 is 0 Å². The predicted octanol–water partition coefficient (Wildman–Crippen LogP) is 6.77. The molecule has 0 amide bonds. The van der Waals surface area contributed by atoms with Gasteiger partial charge in [-0.1, -0.05) is 49.2 Å². The zero-order valence-corrected chi connectivity index (χ0v) is 26.1. The van der Waals surface area contributed by atoms with Crippen LogP contribution in [0, 0.1) is 35.2 Å². The van der Waals surface area contributed by atoms with Gasteiger partial charge >= 0.3 is 0 Å². The maximum Gasteiger partial charge on any atom is 0.255 e. The van der Waals surface area contributed by atoms with E-state index in [4.69, 9.17) is 23.2 Å². The highest BCUT2D eigenvalue weighted by Crippen LogP contribution is 2.46. The number of hydrogen-bond acceptors (Lipinski definition) is 7. The van der Waals surface area contributed by atoms with Crippen LogP contribution in [0.3, 0.4) is 0 Å². The van der Waals surface area contributed by atoms with E-state index in [0.717, 1.165) is 31.2 Å². The summed E-state index contributed by atoms with van der Waals surface area (Å²) in [5.41, 5.74) is -0.742. The molecule has 45 heavy (non-hydrogen) atoms. The first-order chi connectivity index (χ1) is 21.6. The van der Waals surface area contributed by atoms with Crippen LogP contribution >= 0.6 is 23.2 Å². The molecule has 1 aliphatic carbocycles. The van der Waals surface area contributed by atoms with E-state index in [-0.39, 0.29) is 22.4 Å². The molecule has 4 heterocycles. The van der Waals surface area contributed by atoms with E-state index in [1.54, 1.807) is 23.1 Å². The van der Waals surface area contributed by atoms with Gasteiger partial charge in [0, 0.05) is 41.7 Å². The highest BCUT2D eigenvalue weighted by atomic mass is 35.5. The minimum Gasteiger partial charge on any atom is -0.365 e. The summed E-state index contributed by atoms with van der Waals surface area (Å²) in [6, 6.07) is 8.53. The molecule has 7 rings (SSSR count). The second-order valence-electron chi connectivity index (χ2n) is 11.7. The molecular formula is C31H31Cl2F3N8O. The van der Waals surface area contributed by atoms with Crippen molar-refractivity contribution in [2.45, 2.75) is 45.3 Å². The second-order valence-corrected chi connectivity index (χ2v) is 12.5. The number of rotatable bonds is 6. The summed E-state index contributed by atoms with van der Waals surface area (Å²) >= 11 is 12.2. The molecule has 2 aromatic carbocycles. The lowest BCUT2D eigenvalue weighted by Gasteiger charge is -2.34. The molecule has 1 aliphatic heterocycles. The van der Waals surface area contributed by atoms with Crippen LogP contribution in [-0.2, 0) is 5.72 Å². The Hall–Kier alpha value is -3.74. The first kappa shape index (κ1) is 31.3. The molecule has 1 N–H and O–H groups in total. The van der Waals surface area contributed by atoms with Crippen LogP contribution in [0.25, 0.3) is 16.9 Å². The highest BCUT2D eigenvalue weighted by Gasteiger charge is 2.46. The van der Waals surface area contributed by atoms with Gasteiger partial charge in [-0.05, 0) is 49.7 Å². The van der Waals surface area contributed by atoms with E-state index in [0.29, 0.717) is 47.9 Å². The Morgan fingerprint density at radius 1 is 0.933 bits per heavy atom. The van der Waals surface area contributed by atoms with Gasteiger partial charge < -0.3 is 10.0 Å². The summed E-state index contributed by atoms with van der Waals surface area (Å²) in [7, 11) is 0. The monoisotopic (exact) mass is 658 g/mol. The van der Waals surface area contributed by atoms with Crippen LogP contribution in [0.2, 0.25) is 10.2 Å². The molecule has 1 saturated carbocycles. The minimum atomic E-state index is -1.16. The van der Waals surface area contributed by atoms with Gasteiger partial charge in [0.15, 0.2) is 5.72 Å². The smallest absolute Gasteiger partial charge is 0.255 e. The predicted molar refractivity (Wildman–Crippen MR) is 164 cm³/mol. The van der Waals surface area contributed by atoms with Crippen LogP contribution in [0.1, 0.15) is 45.1 Å². The largest absolute Gasteiger partial charge is 0.365 e. The van der Waals surface area contributed by atoms with Gasteiger partial charge in [-0.3, -0.25) is 0 Å². The number of aromatic nitrogens is 7. The van der Waals surface area contributed by atoms with Crippen LogP contribution in [0.15, 0.2) is 55.4 Å². The van der Waals surface area contributed by atoms with Gasteiger partial charge in [0.1, 0.15) is 47.4 Å². The quantitative estimate of drug-likeness (QED) is 0.201. The molecule has 0 bridgehead atoms. The Labute approximate surface area is 267 Å². The number of fused-ring (bicyclic) bond motifs is 1. The zero-order valence-electron chi connectivity index (χ0n) is 24.6. The van der Waals surface area contributed by atoms with E-state index in [9.17, 15) is 18.3 Å². The first-order valence-corrected chi connectivity index (χ1v) is 15.5. The SMILES string of the molecule is CC(C1CC1)C(O)(c1ccc(Cl)cc1)n1cncn1.CC1CCN(c2c(-c3c(F)cc(F)cc3F)c(Cl)nc3ncnn23)CC1. The summed E-state index contributed by atoms with van der Waals surface area (Å²) in [6.45, 7) is 5.57. The highest BCUT2D eigenvalue weighted by molar-refractivity contribution is 6.33. The van der Waals surface area contributed by atoms with Crippen molar-refractivity contribution in [1.82, 2.24) is 34.3 Å². The summed E-state index contributed by atoms with van der Waals surface area (Å²) in [6.07, 6.45) is 8.47. The van der Waals surface area contributed by atoms with Crippen LogP contribution < -0.4 is 4.90 Å². The van der Waals surface area contributed by atoms with Crippen LogP contribution in [-0.4, -0.2) is 52.5 Å². The maximum absolute atomic E-state index is 14.5. The molecule has 2 unspecified atom stereocenters. The summed E-state index contributed by atoms with van der Waals surface area (Å²) in [4.78, 5) is 14.0. The molecule has 14 heteroatoms. The fourth-order valence-corrected chi connectivity index (χ4v) is 6.30. The van der Waals surface area contributed by atoms with Crippen LogP contribution in [0.5, 0.6) is 0 Å². The average molecular weight is 660 g/mol. The third kappa shape index (κ3) is 6.10. The number of piperidine rings is 1. The Bertz CT molecular complexity index is 1770. The van der Waals surface area contributed by atoms with Crippen molar-refractivity contribution in [1.29, 1.82) is 0 Å². The van der Waals surface area contributed by atoms with Gasteiger partial charge in [-0.15, -0.1) is 0 Å². The summed E-state index contributed by atoms with van der Waals surface area (Å²) in [5, 5.41) is 20.1. The normalized spacial score (nSPS) is 17.6. The minimum absolute atomic E-state index is 0.0502. The number of hydrogen-bond donors (Lipinski definition) is 1. The van der Waals surface area contributed by atoms with Gasteiger partial charge in [-0.25, -0.2) is 22.8 Å². The number of halogens is 5. The molecule has 2 atom stereocenters.